The lowest BCUT2D eigenvalue weighted by Gasteiger charge is -2.33. The lowest BCUT2D eigenvalue weighted by Crippen LogP contribution is -3.12. The highest BCUT2D eigenvalue weighted by Gasteiger charge is 2.19. The molecule has 4 rings (SSSR count). The van der Waals surface area contributed by atoms with Crippen molar-refractivity contribution >= 4 is 28.3 Å². The van der Waals surface area contributed by atoms with Crippen molar-refractivity contribution in [1.29, 1.82) is 0 Å². The molecule has 0 unspecified atom stereocenters. The van der Waals surface area contributed by atoms with Crippen molar-refractivity contribution < 1.29 is 18.8 Å². The van der Waals surface area contributed by atoms with E-state index < -0.39 is 5.63 Å². The highest BCUT2D eigenvalue weighted by Crippen LogP contribution is 2.26. The molecular formula is C23H26N3O4+. The molecule has 7 heteroatoms. The van der Waals surface area contributed by atoms with E-state index >= 15 is 0 Å². The van der Waals surface area contributed by atoms with Crippen LogP contribution in [0.15, 0.2) is 57.7 Å². The largest absolute Gasteiger partial charge is 0.484 e. The van der Waals surface area contributed by atoms with Gasteiger partial charge in [-0.3, -0.25) is 4.79 Å². The summed E-state index contributed by atoms with van der Waals surface area (Å²) in [7, 11) is 2.20. The lowest BCUT2D eigenvalue weighted by molar-refractivity contribution is -0.880. The average Bonchev–Trinajstić information content (AvgIpc) is 2.73. The van der Waals surface area contributed by atoms with E-state index in [1.807, 2.05) is 37.3 Å². The van der Waals surface area contributed by atoms with Gasteiger partial charge in [0.15, 0.2) is 6.61 Å². The lowest BCUT2D eigenvalue weighted by atomic mass is 10.1. The fourth-order valence-electron chi connectivity index (χ4n) is 3.71. The van der Waals surface area contributed by atoms with Crippen LogP contribution in [-0.2, 0) is 4.79 Å². The molecule has 3 aromatic rings. The zero-order chi connectivity index (χ0) is 21.1. The predicted octanol–water partition coefficient (Wildman–Crippen LogP) is 1.45. The molecule has 1 saturated heterocycles. The first kappa shape index (κ1) is 20.0. The Balaban J connectivity index is 1.42. The molecule has 1 amide bonds. The monoisotopic (exact) mass is 408 g/mol. The molecule has 156 valence electrons. The van der Waals surface area contributed by atoms with Crippen LogP contribution in [0.4, 0.5) is 11.4 Å². The molecule has 2 heterocycles. The molecule has 1 aliphatic heterocycles. The Bertz CT molecular complexity index is 1120. The van der Waals surface area contributed by atoms with Crippen molar-refractivity contribution in [3.63, 3.8) is 0 Å². The summed E-state index contributed by atoms with van der Waals surface area (Å²) in [6, 6.07) is 14.5. The van der Waals surface area contributed by atoms with Crippen molar-refractivity contribution in [3.05, 3.63) is 64.5 Å². The van der Waals surface area contributed by atoms with Crippen molar-refractivity contribution in [1.82, 2.24) is 0 Å². The maximum absolute atomic E-state index is 12.5. The first-order chi connectivity index (χ1) is 14.5. The number of nitrogens with zero attached hydrogens (tertiary/aromatic N) is 1. The van der Waals surface area contributed by atoms with Gasteiger partial charge in [0, 0.05) is 17.5 Å². The summed E-state index contributed by atoms with van der Waals surface area (Å²) in [6.45, 7) is 5.77. The Labute approximate surface area is 174 Å². The maximum atomic E-state index is 12.5. The number of quaternary nitrogens is 1. The summed E-state index contributed by atoms with van der Waals surface area (Å²) < 4.78 is 10.9. The van der Waals surface area contributed by atoms with Gasteiger partial charge in [0.25, 0.3) is 5.91 Å². The van der Waals surface area contributed by atoms with Crippen LogP contribution in [0.2, 0.25) is 0 Å². The third kappa shape index (κ3) is 4.46. The van der Waals surface area contributed by atoms with E-state index in [4.69, 9.17) is 9.15 Å². The number of hydrogen-bond acceptors (Lipinski definition) is 5. The zero-order valence-electron chi connectivity index (χ0n) is 17.2. The number of para-hydroxylation sites is 2. The van der Waals surface area contributed by atoms with E-state index in [0.717, 1.165) is 48.5 Å². The number of ether oxygens (including phenoxy) is 1. The molecule has 0 radical (unpaired) electrons. The predicted molar refractivity (Wildman–Crippen MR) is 117 cm³/mol. The van der Waals surface area contributed by atoms with Crippen LogP contribution in [0.25, 0.3) is 11.0 Å². The molecule has 2 aromatic carbocycles. The molecule has 0 atom stereocenters. The van der Waals surface area contributed by atoms with Crippen molar-refractivity contribution in [2.24, 2.45) is 0 Å². The topological polar surface area (TPSA) is 76.2 Å². The van der Waals surface area contributed by atoms with E-state index in [9.17, 15) is 9.59 Å². The summed E-state index contributed by atoms with van der Waals surface area (Å²) in [4.78, 5) is 27.9. The van der Waals surface area contributed by atoms with E-state index in [-0.39, 0.29) is 12.5 Å². The zero-order valence-corrected chi connectivity index (χ0v) is 17.2. The summed E-state index contributed by atoms with van der Waals surface area (Å²) in [5.41, 5.74) is 2.69. The number of aryl methyl sites for hydroxylation is 1. The number of likely N-dealkylation sites (N-methyl/N-ethyl adjacent to an activating group) is 1. The van der Waals surface area contributed by atoms with Crippen molar-refractivity contribution in [2.45, 2.75) is 6.92 Å². The number of carbonyl (C=O) groups is 1. The first-order valence-electron chi connectivity index (χ1n) is 10.1. The summed E-state index contributed by atoms with van der Waals surface area (Å²) in [5, 5.41) is 3.80. The summed E-state index contributed by atoms with van der Waals surface area (Å²) in [6.07, 6.45) is 0. The number of nitrogens with one attached hydrogen (secondary N) is 2. The van der Waals surface area contributed by atoms with Crippen LogP contribution in [0.3, 0.4) is 0 Å². The van der Waals surface area contributed by atoms with Crippen LogP contribution >= 0.6 is 0 Å². The molecule has 1 aromatic heterocycles. The third-order valence-corrected chi connectivity index (χ3v) is 5.43. The summed E-state index contributed by atoms with van der Waals surface area (Å²) >= 11 is 0. The number of carbonyl (C=O) groups excluding carboxylic acids is 1. The van der Waals surface area contributed by atoms with Gasteiger partial charge in [-0.15, -0.1) is 0 Å². The van der Waals surface area contributed by atoms with Gasteiger partial charge in [0.05, 0.1) is 44.6 Å². The van der Waals surface area contributed by atoms with Gasteiger partial charge in [0.1, 0.15) is 11.3 Å². The quantitative estimate of drug-likeness (QED) is 0.625. The number of hydrogen-bond donors (Lipinski definition) is 2. The number of amides is 1. The summed E-state index contributed by atoms with van der Waals surface area (Å²) in [5.74, 6) is 0.231. The highest BCUT2D eigenvalue weighted by atomic mass is 16.5. The van der Waals surface area contributed by atoms with E-state index in [0.29, 0.717) is 11.3 Å². The van der Waals surface area contributed by atoms with Gasteiger partial charge in [-0.25, -0.2) is 4.79 Å². The van der Waals surface area contributed by atoms with Crippen LogP contribution < -0.4 is 25.5 Å². The van der Waals surface area contributed by atoms with Gasteiger partial charge in [-0.05, 0) is 36.8 Å². The van der Waals surface area contributed by atoms with E-state index in [1.165, 1.54) is 11.0 Å². The third-order valence-electron chi connectivity index (χ3n) is 5.43. The Morgan fingerprint density at radius 2 is 1.93 bits per heavy atom. The molecule has 0 bridgehead atoms. The Hall–Kier alpha value is -3.32. The second-order valence-electron chi connectivity index (χ2n) is 7.70. The van der Waals surface area contributed by atoms with Gasteiger partial charge >= 0.3 is 5.63 Å². The average molecular weight is 408 g/mol. The van der Waals surface area contributed by atoms with Crippen LogP contribution in [-0.4, -0.2) is 45.7 Å². The SMILES string of the molecule is Cc1cc(=O)oc2cc(OCC(=O)Nc3ccccc3N3CC[NH+](C)CC3)ccc12. The molecule has 2 N–H and O–H groups in total. The number of benzene rings is 2. The van der Waals surface area contributed by atoms with Crippen LogP contribution in [0, 0.1) is 6.92 Å². The second-order valence-corrected chi connectivity index (χ2v) is 7.70. The second kappa shape index (κ2) is 8.59. The fraction of sp³-hybridized carbons (Fsp3) is 0.304. The standard InChI is InChI=1S/C23H25N3O4/c1-16-13-23(28)30-21-14-17(7-8-18(16)21)29-15-22(27)24-19-5-3-4-6-20(19)26-11-9-25(2)10-12-26/h3-8,13-14H,9-12,15H2,1-2H3,(H,24,27)/p+1. The van der Waals surface area contributed by atoms with E-state index in [2.05, 4.69) is 17.3 Å². The van der Waals surface area contributed by atoms with Gasteiger partial charge in [-0.1, -0.05) is 12.1 Å². The van der Waals surface area contributed by atoms with E-state index in [1.54, 1.807) is 12.1 Å². The van der Waals surface area contributed by atoms with Crippen LogP contribution in [0.1, 0.15) is 5.56 Å². The fourth-order valence-corrected chi connectivity index (χ4v) is 3.71. The van der Waals surface area contributed by atoms with Gasteiger partial charge in [-0.2, -0.15) is 0 Å². The Kier molecular flexibility index (Phi) is 5.72. The Morgan fingerprint density at radius 1 is 1.17 bits per heavy atom. The minimum atomic E-state index is -0.406. The van der Waals surface area contributed by atoms with Gasteiger partial charge < -0.3 is 24.3 Å². The number of rotatable bonds is 5. The molecule has 7 nitrogen and oxygen atoms in total. The molecule has 1 fully saturated rings. The minimum absolute atomic E-state index is 0.136. The number of fused-ring (bicyclic) bond motifs is 1. The normalized spacial score (nSPS) is 14.7. The Morgan fingerprint density at radius 3 is 2.73 bits per heavy atom. The van der Waals surface area contributed by atoms with Gasteiger partial charge in [0.2, 0.25) is 0 Å². The number of anilines is 2. The molecule has 1 aliphatic rings. The molecular weight excluding hydrogens is 382 g/mol. The minimum Gasteiger partial charge on any atom is -0.484 e. The molecule has 0 aliphatic carbocycles. The molecule has 30 heavy (non-hydrogen) atoms. The number of piperazine rings is 1. The smallest absolute Gasteiger partial charge is 0.336 e. The molecule has 0 saturated carbocycles. The highest BCUT2D eigenvalue weighted by molar-refractivity contribution is 5.95. The van der Waals surface area contributed by atoms with Crippen molar-refractivity contribution in [3.8, 4) is 5.75 Å². The maximum Gasteiger partial charge on any atom is 0.336 e. The van der Waals surface area contributed by atoms with Crippen molar-refractivity contribution in [2.75, 3.05) is 50.1 Å². The first-order valence-corrected chi connectivity index (χ1v) is 10.1. The molecule has 0 spiro atoms. The van der Waals surface area contributed by atoms with Crippen LogP contribution in [0.5, 0.6) is 5.75 Å².